The quantitative estimate of drug-likeness (QED) is 0.240. The SMILES string of the molecule is Cc1ccc(-c2ccc(C(=O)NC(=S)Nc3ccc(-c4nc5ccccc5s4)cc3C)o2)cc1Cl. The summed E-state index contributed by atoms with van der Waals surface area (Å²) in [7, 11) is 0. The van der Waals surface area contributed by atoms with Gasteiger partial charge in [0.25, 0.3) is 5.91 Å². The van der Waals surface area contributed by atoms with Gasteiger partial charge in [-0.05, 0) is 85.7 Å². The topological polar surface area (TPSA) is 67.2 Å². The summed E-state index contributed by atoms with van der Waals surface area (Å²) in [4.78, 5) is 17.4. The molecule has 0 atom stereocenters. The van der Waals surface area contributed by atoms with E-state index in [9.17, 15) is 4.79 Å². The van der Waals surface area contributed by atoms with Crippen LogP contribution < -0.4 is 10.6 Å². The number of aromatic nitrogens is 1. The van der Waals surface area contributed by atoms with Gasteiger partial charge in [0.1, 0.15) is 10.8 Å². The van der Waals surface area contributed by atoms with Crippen LogP contribution >= 0.6 is 35.2 Å². The molecule has 5 rings (SSSR count). The Labute approximate surface area is 216 Å². The molecule has 1 amide bonds. The first-order valence-corrected chi connectivity index (χ1v) is 12.4. The van der Waals surface area contributed by atoms with Crippen LogP contribution in [-0.4, -0.2) is 16.0 Å². The lowest BCUT2D eigenvalue weighted by atomic mass is 10.1. The predicted octanol–water partition coefficient (Wildman–Crippen LogP) is 7.62. The number of hydrogen-bond acceptors (Lipinski definition) is 5. The molecule has 0 spiro atoms. The Hall–Kier alpha value is -3.52. The molecule has 2 heterocycles. The number of nitrogens with one attached hydrogen (secondary N) is 2. The maximum Gasteiger partial charge on any atom is 0.293 e. The average molecular weight is 518 g/mol. The summed E-state index contributed by atoms with van der Waals surface area (Å²) in [6.07, 6.45) is 0. The Morgan fingerprint density at radius 3 is 2.54 bits per heavy atom. The van der Waals surface area contributed by atoms with Crippen molar-refractivity contribution in [2.75, 3.05) is 5.32 Å². The molecule has 2 aromatic heterocycles. The van der Waals surface area contributed by atoms with E-state index in [1.165, 1.54) is 0 Å². The van der Waals surface area contributed by atoms with Gasteiger partial charge < -0.3 is 9.73 Å². The molecule has 0 unspecified atom stereocenters. The number of benzene rings is 3. The summed E-state index contributed by atoms with van der Waals surface area (Å²) in [5.74, 6) is 0.275. The molecule has 5 nitrogen and oxygen atoms in total. The van der Waals surface area contributed by atoms with Gasteiger partial charge in [0, 0.05) is 21.8 Å². The molecule has 8 heteroatoms. The predicted molar refractivity (Wildman–Crippen MR) is 147 cm³/mol. The van der Waals surface area contributed by atoms with Crippen LogP contribution in [0.1, 0.15) is 21.7 Å². The van der Waals surface area contributed by atoms with Gasteiger partial charge in [0.2, 0.25) is 0 Å². The van der Waals surface area contributed by atoms with Crippen LogP contribution in [-0.2, 0) is 0 Å². The smallest absolute Gasteiger partial charge is 0.293 e. The number of anilines is 1. The fraction of sp³-hybridized carbons (Fsp3) is 0.0741. The van der Waals surface area contributed by atoms with E-state index < -0.39 is 5.91 Å². The standard InChI is InChI=1S/C27H20ClN3O2S2/c1-15-7-8-17(14-19(15)28)22-11-12-23(33-22)25(32)31-27(34)30-20-10-9-18(13-16(20)2)26-29-21-5-3-4-6-24(21)35-26/h3-14H,1-2H3,(H2,30,31,32,34). The maximum atomic E-state index is 12.7. The van der Waals surface area contributed by atoms with Crippen molar-refractivity contribution >= 4 is 62.1 Å². The minimum Gasteiger partial charge on any atom is -0.451 e. The molecule has 0 aliphatic rings. The number of thiocarbonyl (C=S) groups is 1. The molecule has 0 aliphatic heterocycles. The molecule has 35 heavy (non-hydrogen) atoms. The largest absolute Gasteiger partial charge is 0.451 e. The minimum absolute atomic E-state index is 0.156. The third-order valence-corrected chi connectivity index (χ3v) is 7.23. The van der Waals surface area contributed by atoms with Crippen molar-refractivity contribution < 1.29 is 9.21 Å². The van der Waals surface area contributed by atoms with Gasteiger partial charge in [0.05, 0.1) is 10.2 Å². The summed E-state index contributed by atoms with van der Waals surface area (Å²) in [5, 5.41) is 7.54. The maximum absolute atomic E-state index is 12.7. The first-order chi connectivity index (χ1) is 16.9. The van der Waals surface area contributed by atoms with Crippen molar-refractivity contribution in [3.8, 4) is 21.9 Å². The number of amides is 1. The summed E-state index contributed by atoms with van der Waals surface area (Å²) in [5.41, 5.74) is 5.57. The highest BCUT2D eigenvalue weighted by Crippen LogP contribution is 2.32. The van der Waals surface area contributed by atoms with Crippen LogP contribution in [0.2, 0.25) is 5.02 Å². The molecule has 0 radical (unpaired) electrons. The number of hydrogen-bond donors (Lipinski definition) is 2. The number of nitrogens with zero attached hydrogens (tertiary/aromatic N) is 1. The molecule has 0 saturated heterocycles. The molecule has 0 bridgehead atoms. The third kappa shape index (κ3) is 4.98. The van der Waals surface area contributed by atoms with Gasteiger partial charge in [-0.2, -0.15) is 0 Å². The summed E-state index contributed by atoms with van der Waals surface area (Å²) < 4.78 is 6.88. The van der Waals surface area contributed by atoms with E-state index >= 15 is 0 Å². The van der Waals surface area contributed by atoms with Gasteiger partial charge in [-0.3, -0.25) is 10.1 Å². The van der Waals surface area contributed by atoms with E-state index in [2.05, 4.69) is 22.8 Å². The summed E-state index contributed by atoms with van der Waals surface area (Å²) in [6, 6.07) is 23.0. The van der Waals surface area contributed by atoms with Crippen molar-refractivity contribution in [1.82, 2.24) is 10.3 Å². The Bertz CT molecular complexity index is 1560. The lowest BCUT2D eigenvalue weighted by Gasteiger charge is -2.12. The van der Waals surface area contributed by atoms with Gasteiger partial charge >= 0.3 is 0 Å². The minimum atomic E-state index is -0.435. The third-order valence-electron chi connectivity index (χ3n) is 5.53. The van der Waals surface area contributed by atoms with Crippen molar-refractivity contribution in [1.29, 1.82) is 0 Å². The lowest BCUT2D eigenvalue weighted by Crippen LogP contribution is -2.34. The summed E-state index contributed by atoms with van der Waals surface area (Å²) >= 11 is 13.2. The van der Waals surface area contributed by atoms with E-state index in [0.717, 1.165) is 43.2 Å². The van der Waals surface area contributed by atoms with E-state index in [4.69, 9.17) is 33.2 Å². The average Bonchev–Trinajstić information content (AvgIpc) is 3.50. The van der Waals surface area contributed by atoms with Gasteiger partial charge in [-0.25, -0.2) is 4.98 Å². The van der Waals surface area contributed by atoms with E-state index in [1.54, 1.807) is 23.5 Å². The van der Waals surface area contributed by atoms with Crippen LogP contribution in [0.25, 0.3) is 32.1 Å². The van der Waals surface area contributed by atoms with E-state index in [0.29, 0.717) is 10.8 Å². The number of para-hydroxylation sites is 1. The number of rotatable bonds is 4. The highest BCUT2D eigenvalue weighted by Gasteiger charge is 2.15. The van der Waals surface area contributed by atoms with E-state index in [1.807, 2.05) is 62.4 Å². The first kappa shape index (κ1) is 23.2. The van der Waals surface area contributed by atoms with Crippen LogP contribution in [0.15, 0.2) is 77.2 Å². The number of thiazole rings is 1. The number of halogens is 1. The monoisotopic (exact) mass is 517 g/mol. The number of fused-ring (bicyclic) bond motifs is 1. The highest BCUT2D eigenvalue weighted by atomic mass is 35.5. The molecule has 174 valence electrons. The Balaban J connectivity index is 1.25. The normalized spacial score (nSPS) is 10.9. The zero-order valence-electron chi connectivity index (χ0n) is 18.9. The Kier molecular flexibility index (Phi) is 6.38. The van der Waals surface area contributed by atoms with Gasteiger partial charge in [-0.15, -0.1) is 11.3 Å². The van der Waals surface area contributed by atoms with Gasteiger partial charge in [0.15, 0.2) is 10.9 Å². The zero-order chi connectivity index (χ0) is 24.5. The van der Waals surface area contributed by atoms with Crippen molar-refractivity contribution in [3.05, 3.63) is 94.7 Å². The lowest BCUT2D eigenvalue weighted by molar-refractivity contribution is 0.0951. The number of carbonyl (C=O) groups is 1. The molecular weight excluding hydrogens is 498 g/mol. The van der Waals surface area contributed by atoms with Crippen molar-refractivity contribution in [2.45, 2.75) is 13.8 Å². The summed E-state index contributed by atoms with van der Waals surface area (Å²) in [6.45, 7) is 3.91. The molecule has 3 aromatic carbocycles. The van der Waals surface area contributed by atoms with Crippen molar-refractivity contribution in [3.63, 3.8) is 0 Å². The number of carbonyl (C=O) groups excluding carboxylic acids is 1. The fourth-order valence-electron chi connectivity index (χ4n) is 3.61. The Morgan fingerprint density at radius 2 is 1.77 bits per heavy atom. The fourth-order valence-corrected chi connectivity index (χ4v) is 4.96. The molecule has 0 aliphatic carbocycles. The molecule has 2 N–H and O–H groups in total. The molecule has 0 fully saturated rings. The van der Waals surface area contributed by atoms with Crippen LogP contribution in [0.5, 0.6) is 0 Å². The van der Waals surface area contributed by atoms with Crippen LogP contribution in [0.3, 0.4) is 0 Å². The number of furan rings is 1. The molecular formula is C27H20ClN3O2S2. The Morgan fingerprint density at radius 1 is 0.971 bits per heavy atom. The van der Waals surface area contributed by atoms with Gasteiger partial charge in [-0.1, -0.05) is 35.9 Å². The highest BCUT2D eigenvalue weighted by molar-refractivity contribution is 7.80. The van der Waals surface area contributed by atoms with Crippen molar-refractivity contribution in [2.24, 2.45) is 0 Å². The van der Waals surface area contributed by atoms with Crippen LogP contribution in [0, 0.1) is 13.8 Å². The number of aryl methyl sites for hydroxylation is 2. The first-order valence-electron chi connectivity index (χ1n) is 10.8. The van der Waals surface area contributed by atoms with Crippen LogP contribution in [0.4, 0.5) is 5.69 Å². The second kappa shape index (κ2) is 9.62. The second-order valence-corrected chi connectivity index (χ2v) is 9.90. The molecule has 0 saturated carbocycles. The molecule has 5 aromatic rings. The zero-order valence-corrected chi connectivity index (χ0v) is 21.3. The van der Waals surface area contributed by atoms with E-state index in [-0.39, 0.29) is 10.9 Å². The second-order valence-electron chi connectivity index (χ2n) is 8.05.